The second-order valence-electron chi connectivity index (χ2n) is 4.31. The van der Waals surface area contributed by atoms with Crippen molar-refractivity contribution >= 4 is 23.6 Å². The number of aliphatic carboxylic acids is 1. The first-order valence-corrected chi connectivity index (χ1v) is 7.04. The van der Waals surface area contributed by atoms with Gasteiger partial charge in [0.2, 0.25) is 5.91 Å². The van der Waals surface area contributed by atoms with E-state index in [-0.39, 0.29) is 18.3 Å². The number of halogens is 3. The summed E-state index contributed by atoms with van der Waals surface area (Å²) in [4.78, 5) is 23.1. The largest absolute Gasteiger partial charge is 0.482 e. The van der Waals surface area contributed by atoms with Gasteiger partial charge in [0, 0.05) is 13.6 Å². The number of ether oxygens (including phenoxy) is 1. The summed E-state index contributed by atoms with van der Waals surface area (Å²) in [7, 11) is 1.41. The van der Waals surface area contributed by atoms with Gasteiger partial charge in [-0.25, -0.2) is 4.79 Å². The molecule has 0 aliphatic carbocycles. The quantitative estimate of drug-likeness (QED) is 0.827. The first-order valence-electron chi connectivity index (χ1n) is 6.05. The van der Waals surface area contributed by atoms with Gasteiger partial charge in [0.05, 0.1) is 5.75 Å². The average molecular weight is 337 g/mol. The number of thioether (sulfide) groups is 1. The van der Waals surface area contributed by atoms with Crippen molar-refractivity contribution in [3.05, 3.63) is 29.8 Å². The number of carbonyl (C=O) groups excluding carboxylic acids is 1. The zero-order chi connectivity index (χ0) is 16.8. The Morgan fingerprint density at radius 3 is 2.36 bits per heavy atom. The van der Waals surface area contributed by atoms with Crippen LogP contribution in [0.4, 0.5) is 13.2 Å². The van der Waals surface area contributed by atoms with Gasteiger partial charge < -0.3 is 14.7 Å². The van der Waals surface area contributed by atoms with E-state index in [1.165, 1.54) is 24.1 Å². The number of carboxylic acids is 1. The van der Waals surface area contributed by atoms with Crippen LogP contribution >= 0.6 is 11.8 Å². The third kappa shape index (κ3) is 7.21. The smallest absolute Gasteiger partial charge is 0.442 e. The zero-order valence-electron chi connectivity index (χ0n) is 11.6. The Bertz CT molecular complexity index is 519. The lowest BCUT2D eigenvalue weighted by Crippen LogP contribution is -2.28. The molecule has 0 unspecified atom stereocenters. The molecular formula is C13H14F3NO4S. The standard InChI is InChI=1S/C13H14F3NO4S/c1-17(11(18)8-22-13(14,15)16)6-9-2-4-10(5-3-9)21-7-12(19)20/h2-5H,6-8H2,1H3,(H,19,20). The van der Waals surface area contributed by atoms with E-state index >= 15 is 0 Å². The maximum Gasteiger partial charge on any atom is 0.442 e. The molecule has 5 nitrogen and oxygen atoms in total. The second kappa shape index (κ2) is 7.92. The maximum absolute atomic E-state index is 12.0. The average Bonchev–Trinajstić information content (AvgIpc) is 2.43. The van der Waals surface area contributed by atoms with Crippen LogP contribution in [-0.4, -0.2) is 46.8 Å². The van der Waals surface area contributed by atoms with Crippen LogP contribution < -0.4 is 4.74 Å². The molecule has 0 aliphatic heterocycles. The normalized spacial score (nSPS) is 11.1. The van der Waals surface area contributed by atoms with E-state index in [1.54, 1.807) is 12.1 Å². The van der Waals surface area contributed by atoms with Crippen molar-refractivity contribution in [1.82, 2.24) is 4.90 Å². The lowest BCUT2D eigenvalue weighted by atomic mass is 10.2. The molecule has 0 spiro atoms. The Labute approximate surface area is 129 Å². The van der Waals surface area contributed by atoms with Gasteiger partial charge >= 0.3 is 11.5 Å². The molecule has 1 N–H and O–H groups in total. The highest BCUT2D eigenvalue weighted by Crippen LogP contribution is 2.30. The monoisotopic (exact) mass is 337 g/mol. The summed E-state index contributed by atoms with van der Waals surface area (Å²) >= 11 is -0.375. The Morgan fingerprint density at radius 2 is 1.86 bits per heavy atom. The summed E-state index contributed by atoms with van der Waals surface area (Å²) in [5.74, 6) is -2.04. The minimum absolute atomic E-state index is 0.149. The number of carboxylic acid groups (broad SMARTS) is 1. The molecule has 0 aliphatic rings. The third-order valence-electron chi connectivity index (χ3n) is 2.49. The van der Waals surface area contributed by atoms with Crippen LogP contribution in [0, 0.1) is 0 Å². The Balaban J connectivity index is 2.48. The summed E-state index contributed by atoms with van der Waals surface area (Å²) in [6.07, 6.45) is 0. The molecule has 9 heteroatoms. The number of alkyl halides is 3. The molecule has 0 saturated heterocycles. The lowest BCUT2D eigenvalue weighted by molar-refractivity contribution is -0.139. The van der Waals surface area contributed by atoms with Crippen molar-refractivity contribution in [3.63, 3.8) is 0 Å². The molecule has 0 radical (unpaired) electrons. The highest BCUT2D eigenvalue weighted by atomic mass is 32.2. The molecule has 1 rings (SSSR count). The zero-order valence-corrected chi connectivity index (χ0v) is 12.4. The molecule has 0 fully saturated rings. The van der Waals surface area contributed by atoms with Crippen LogP contribution in [0.3, 0.4) is 0 Å². The summed E-state index contributed by atoms with van der Waals surface area (Å²) in [6, 6.07) is 6.28. The van der Waals surface area contributed by atoms with Crippen molar-refractivity contribution < 1.29 is 32.6 Å². The highest BCUT2D eigenvalue weighted by Gasteiger charge is 2.29. The van der Waals surface area contributed by atoms with Crippen molar-refractivity contribution in [2.75, 3.05) is 19.4 Å². The number of nitrogens with zero attached hydrogens (tertiary/aromatic N) is 1. The number of amides is 1. The molecule has 0 saturated carbocycles. The fraction of sp³-hybridized carbons (Fsp3) is 0.385. The van der Waals surface area contributed by atoms with Crippen molar-refractivity contribution in [1.29, 1.82) is 0 Å². The number of hydrogen-bond donors (Lipinski definition) is 1. The fourth-order valence-corrected chi connectivity index (χ4v) is 1.96. The number of benzene rings is 1. The van der Waals surface area contributed by atoms with Gasteiger partial charge in [0.1, 0.15) is 5.75 Å². The van der Waals surface area contributed by atoms with Crippen LogP contribution in [0.1, 0.15) is 5.56 Å². The predicted molar refractivity (Wildman–Crippen MR) is 74.6 cm³/mol. The topological polar surface area (TPSA) is 66.8 Å². The van der Waals surface area contributed by atoms with E-state index < -0.39 is 29.7 Å². The number of hydrogen-bond acceptors (Lipinski definition) is 4. The van der Waals surface area contributed by atoms with Gasteiger partial charge in [-0.2, -0.15) is 13.2 Å². The molecule has 122 valence electrons. The molecule has 1 aromatic carbocycles. The van der Waals surface area contributed by atoms with Crippen LogP contribution in [-0.2, 0) is 16.1 Å². The van der Waals surface area contributed by atoms with Crippen LogP contribution in [0.25, 0.3) is 0 Å². The summed E-state index contributed by atoms with van der Waals surface area (Å²) in [5.41, 5.74) is -3.74. The lowest BCUT2D eigenvalue weighted by Gasteiger charge is -2.17. The van der Waals surface area contributed by atoms with E-state index in [4.69, 9.17) is 9.84 Å². The maximum atomic E-state index is 12.0. The minimum atomic E-state index is -4.43. The van der Waals surface area contributed by atoms with Crippen molar-refractivity contribution in [3.8, 4) is 5.75 Å². The van der Waals surface area contributed by atoms with Gasteiger partial charge in [-0.05, 0) is 29.5 Å². The highest BCUT2D eigenvalue weighted by molar-refractivity contribution is 8.00. The van der Waals surface area contributed by atoms with Crippen molar-refractivity contribution in [2.24, 2.45) is 0 Å². The molecule has 0 heterocycles. The number of rotatable bonds is 7. The first-order chi connectivity index (χ1) is 10.2. The molecule has 1 amide bonds. The molecular weight excluding hydrogens is 323 g/mol. The molecule has 0 atom stereocenters. The van der Waals surface area contributed by atoms with E-state index in [1.807, 2.05) is 0 Å². The molecule has 22 heavy (non-hydrogen) atoms. The predicted octanol–water partition coefficient (Wildman–Crippen LogP) is 2.36. The Kier molecular flexibility index (Phi) is 6.54. The minimum Gasteiger partial charge on any atom is -0.482 e. The first kappa shape index (κ1) is 18.1. The molecule has 0 bridgehead atoms. The fourth-order valence-electron chi connectivity index (χ4n) is 1.45. The van der Waals surface area contributed by atoms with Gasteiger partial charge in [-0.3, -0.25) is 4.79 Å². The van der Waals surface area contributed by atoms with E-state index in [0.717, 1.165) is 0 Å². The Hall–Kier alpha value is -1.90. The van der Waals surface area contributed by atoms with Gasteiger partial charge in [0.15, 0.2) is 6.61 Å². The molecule has 1 aromatic rings. The van der Waals surface area contributed by atoms with E-state index in [9.17, 15) is 22.8 Å². The van der Waals surface area contributed by atoms with Crippen LogP contribution in [0.15, 0.2) is 24.3 Å². The Morgan fingerprint density at radius 1 is 1.27 bits per heavy atom. The summed E-state index contributed by atoms with van der Waals surface area (Å²) in [5, 5.41) is 8.47. The van der Waals surface area contributed by atoms with Gasteiger partial charge in [-0.1, -0.05) is 12.1 Å². The second-order valence-corrected chi connectivity index (χ2v) is 5.35. The van der Waals surface area contributed by atoms with Gasteiger partial charge in [0.25, 0.3) is 0 Å². The van der Waals surface area contributed by atoms with Crippen LogP contribution in [0.2, 0.25) is 0 Å². The van der Waals surface area contributed by atoms with Crippen LogP contribution in [0.5, 0.6) is 5.75 Å². The van der Waals surface area contributed by atoms with E-state index in [2.05, 4.69) is 0 Å². The van der Waals surface area contributed by atoms with E-state index in [0.29, 0.717) is 11.3 Å². The number of carbonyl (C=O) groups is 2. The third-order valence-corrected chi connectivity index (χ3v) is 3.21. The molecule has 0 aromatic heterocycles. The summed E-state index contributed by atoms with van der Waals surface area (Å²) < 4.78 is 41.0. The van der Waals surface area contributed by atoms with Crippen molar-refractivity contribution in [2.45, 2.75) is 12.1 Å². The van der Waals surface area contributed by atoms with Gasteiger partial charge in [-0.15, -0.1) is 0 Å². The summed E-state index contributed by atoms with van der Waals surface area (Å²) in [6.45, 7) is -0.317. The SMILES string of the molecule is CN(Cc1ccc(OCC(=O)O)cc1)C(=O)CSC(F)(F)F.